The average Bonchev–Trinajstić information content (AvgIpc) is 3.00. The lowest BCUT2D eigenvalue weighted by atomic mass is 9.98. The van der Waals surface area contributed by atoms with Crippen molar-refractivity contribution in [3.05, 3.63) is 59.2 Å². The van der Waals surface area contributed by atoms with Crippen LogP contribution in [0.4, 0.5) is 28.4 Å². The number of carbonyl (C=O) groups is 4. The van der Waals surface area contributed by atoms with Gasteiger partial charge in [-0.1, -0.05) is 30.3 Å². The van der Waals surface area contributed by atoms with E-state index >= 15 is 0 Å². The van der Waals surface area contributed by atoms with E-state index in [1.165, 1.54) is 14.7 Å². The van der Waals surface area contributed by atoms with E-state index < -0.39 is 58.3 Å². The van der Waals surface area contributed by atoms with Crippen molar-refractivity contribution in [2.45, 2.75) is 95.0 Å². The molecule has 10 nitrogen and oxygen atoms in total. The van der Waals surface area contributed by atoms with Crippen LogP contribution in [0, 0.1) is 0 Å². The minimum absolute atomic E-state index is 0.0405. The topological polar surface area (TPSA) is 108 Å². The van der Waals surface area contributed by atoms with E-state index in [9.17, 15) is 32.3 Å². The number of piperidine rings is 1. The van der Waals surface area contributed by atoms with Crippen LogP contribution >= 0.6 is 11.8 Å². The van der Waals surface area contributed by atoms with Crippen LogP contribution in [0.25, 0.3) is 0 Å². The summed E-state index contributed by atoms with van der Waals surface area (Å²) in [7, 11) is 0. The molecule has 1 saturated heterocycles. The second-order valence-corrected chi connectivity index (χ2v) is 14.5. The predicted molar refractivity (Wildman–Crippen MR) is 176 cm³/mol. The van der Waals surface area contributed by atoms with Crippen LogP contribution in [-0.4, -0.2) is 82.9 Å². The highest BCUT2D eigenvalue weighted by Gasteiger charge is 2.42. The number of fused-ring (bicyclic) bond motifs is 1. The van der Waals surface area contributed by atoms with Gasteiger partial charge >= 0.3 is 18.4 Å². The van der Waals surface area contributed by atoms with Gasteiger partial charge in [-0.15, -0.1) is 11.8 Å². The SMILES string of the molecule is CC1Sc2cc(C(F)(F)F)c(C(=O)N(C(C)C)[C@@H]3CCCN(C(=O)OC(C)(C)C)C3)cc2N(CCNC(=O)OCc2ccccc2)C1=O. The number of benzene rings is 2. The summed E-state index contributed by atoms with van der Waals surface area (Å²) < 4.78 is 54.5. The van der Waals surface area contributed by atoms with Gasteiger partial charge in [-0.2, -0.15) is 13.2 Å². The molecule has 262 valence electrons. The fraction of sp³-hybridized carbons (Fsp3) is 0.529. The lowest BCUT2D eigenvalue weighted by Gasteiger charge is -2.42. The minimum Gasteiger partial charge on any atom is -0.445 e. The maximum atomic E-state index is 14.6. The van der Waals surface area contributed by atoms with Gasteiger partial charge in [-0.3, -0.25) is 9.59 Å². The van der Waals surface area contributed by atoms with E-state index in [0.29, 0.717) is 19.4 Å². The first-order chi connectivity index (χ1) is 22.5. The molecule has 2 atom stereocenters. The maximum absolute atomic E-state index is 14.6. The molecule has 0 bridgehead atoms. The van der Waals surface area contributed by atoms with Crippen LogP contribution in [0.15, 0.2) is 47.4 Å². The maximum Gasteiger partial charge on any atom is 0.417 e. The monoisotopic (exact) mass is 692 g/mol. The number of hydrogen-bond donors (Lipinski definition) is 1. The Morgan fingerprint density at radius 2 is 1.79 bits per heavy atom. The molecule has 2 aromatic rings. The molecule has 0 radical (unpaired) electrons. The van der Waals surface area contributed by atoms with E-state index in [1.807, 2.05) is 18.2 Å². The zero-order valence-electron chi connectivity index (χ0n) is 28.1. The summed E-state index contributed by atoms with van der Waals surface area (Å²) in [6.45, 7) is 10.7. The summed E-state index contributed by atoms with van der Waals surface area (Å²) in [4.78, 5) is 57.0. The highest BCUT2D eigenvalue weighted by molar-refractivity contribution is 8.01. The zero-order chi connectivity index (χ0) is 35.4. The summed E-state index contributed by atoms with van der Waals surface area (Å²) in [5, 5.41) is 1.89. The second kappa shape index (κ2) is 15.1. The Hall–Kier alpha value is -3.94. The van der Waals surface area contributed by atoms with E-state index in [1.54, 1.807) is 53.7 Å². The third kappa shape index (κ3) is 9.14. The van der Waals surface area contributed by atoms with Crippen LogP contribution < -0.4 is 10.2 Å². The lowest BCUT2D eigenvalue weighted by Crippen LogP contribution is -2.54. The molecule has 0 spiro atoms. The Balaban J connectivity index is 1.60. The number of alkyl halides is 3. The average molecular weight is 693 g/mol. The number of alkyl carbamates (subject to hydrolysis) is 1. The largest absolute Gasteiger partial charge is 0.445 e. The molecule has 0 saturated carbocycles. The highest BCUT2D eigenvalue weighted by atomic mass is 32.2. The molecule has 1 unspecified atom stereocenters. The summed E-state index contributed by atoms with van der Waals surface area (Å²) in [6, 6.07) is 10.1. The molecule has 1 fully saturated rings. The lowest BCUT2D eigenvalue weighted by molar-refractivity contribution is -0.138. The quantitative estimate of drug-likeness (QED) is 0.328. The summed E-state index contributed by atoms with van der Waals surface area (Å²) in [5.41, 5.74) is -1.49. The van der Waals surface area contributed by atoms with E-state index in [0.717, 1.165) is 29.5 Å². The Labute approximate surface area is 283 Å². The number of rotatable bonds is 8. The number of nitrogens with zero attached hydrogens (tertiary/aromatic N) is 3. The first kappa shape index (κ1) is 36.9. The number of carbonyl (C=O) groups excluding carboxylic acids is 4. The van der Waals surface area contributed by atoms with Gasteiger partial charge < -0.3 is 29.5 Å². The number of thioether (sulfide) groups is 1. The smallest absolute Gasteiger partial charge is 0.417 e. The number of likely N-dealkylation sites (tertiary alicyclic amines) is 1. The first-order valence-corrected chi connectivity index (χ1v) is 16.8. The molecule has 4 amide bonds. The molecule has 2 aromatic carbocycles. The molecule has 2 aliphatic heterocycles. The second-order valence-electron chi connectivity index (χ2n) is 13.1. The fourth-order valence-corrected chi connectivity index (χ4v) is 6.86. The van der Waals surface area contributed by atoms with Crippen molar-refractivity contribution in [1.29, 1.82) is 0 Å². The number of hydrogen-bond acceptors (Lipinski definition) is 7. The zero-order valence-corrected chi connectivity index (χ0v) is 28.9. The minimum atomic E-state index is -4.86. The summed E-state index contributed by atoms with van der Waals surface area (Å²) in [5.74, 6) is -1.22. The van der Waals surface area contributed by atoms with Gasteiger partial charge in [0.2, 0.25) is 5.91 Å². The summed E-state index contributed by atoms with van der Waals surface area (Å²) in [6.07, 6.45) is -5.10. The predicted octanol–water partition coefficient (Wildman–Crippen LogP) is 6.71. The van der Waals surface area contributed by atoms with E-state index in [-0.39, 0.29) is 42.7 Å². The van der Waals surface area contributed by atoms with Crippen LogP contribution in [-0.2, 0) is 27.1 Å². The van der Waals surface area contributed by atoms with Gasteiger partial charge in [0.05, 0.1) is 28.1 Å². The van der Waals surface area contributed by atoms with Crippen molar-refractivity contribution in [3.63, 3.8) is 0 Å². The molecule has 0 aromatic heterocycles. The Morgan fingerprint density at radius 3 is 2.42 bits per heavy atom. The molecule has 2 aliphatic rings. The molecule has 14 heteroatoms. The first-order valence-electron chi connectivity index (χ1n) is 15.9. The Morgan fingerprint density at radius 1 is 1.10 bits per heavy atom. The van der Waals surface area contributed by atoms with Crippen molar-refractivity contribution in [2.75, 3.05) is 31.1 Å². The van der Waals surface area contributed by atoms with E-state index in [4.69, 9.17) is 9.47 Å². The number of ether oxygens (including phenoxy) is 2. The fourth-order valence-electron chi connectivity index (χ4n) is 5.77. The molecule has 2 heterocycles. The van der Waals surface area contributed by atoms with Gasteiger partial charge in [-0.25, -0.2) is 9.59 Å². The van der Waals surface area contributed by atoms with Crippen molar-refractivity contribution >= 4 is 41.5 Å². The number of anilines is 1. The number of amides is 4. The molecule has 1 N–H and O–H groups in total. The van der Waals surface area contributed by atoms with Crippen molar-refractivity contribution in [3.8, 4) is 0 Å². The van der Waals surface area contributed by atoms with Crippen LogP contribution in [0.5, 0.6) is 0 Å². The Kier molecular flexibility index (Phi) is 11.6. The molecule has 4 rings (SSSR count). The van der Waals surface area contributed by atoms with Gasteiger partial charge in [0.1, 0.15) is 12.2 Å². The van der Waals surface area contributed by atoms with Crippen molar-refractivity contribution in [2.24, 2.45) is 0 Å². The van der Waals surface area contributed by atoms with Gasteiger partial charge in [-0.05, 0) is 72.1 Å². The van der Waals surface area contributed by atoms with Crippen LogP contribution in [0.2, 0.25) is 0 Å². The normalized spacial score (nSPS) is 18.3. The third-order valence-corrected chi connectivity index (χ3v) is 9.03. The molecule has 0 aliphatic carbocycles. The van der Waals surface area contributed by atoms with Gasteiger partial charge in [0.15, 0.2) is 0 Å². The van der Waals surface area contributed by atoms with Gasteiger partial charge in [0, 0.05) is 37.1 Å². The van der Waals surface area contributed by atoms with Crippen molar-refractivity contribution < 1.29 is 41.8 Å². The number of nitrogens with one attached hydrogen (secondary N) is 1. The van der Waals surface area contributed by atoms with Crippen LogP contribution in [0.3, 0.4) is 0 Å². The van der Waals surface area contributed by atoms with Crippen molar-refractivity contribution in [1.82, 2.24) is 15.1 Å². The van der Waals surface area contributed by atoms with Gasteiger partial charge in [0.25, 0.3) is 5.91 Å². The summed E-state index contributed by atoms with van der Waals surface area (Å²) >= 11 is 0.984. The van der Waals surface area contributed by atoms with Crippen LogP contribution in [0.1, 0.15) is 75.9 Å². The van der Waals surface area contributed by atoms with E-state index in [2.05, 4.69) is 5.32 Å². The standard InChI is InChI=1S/C34H43F3N4O6S/c1-21(2)41(24-13-10-15-39(19-24)32(45)47-33(4,5)6)30(43)25-17-27-28(18-26(25)34(35,36)37)48-22(3)29(42)40(27)16-14-38-31(44)46-20-23-11-8-7-9-12-23/h7-9,11-12,17-18,21-22,24H,10,13-16,19-20H2,1-6H3,(H,38,44)/t22?,24-/m1/s1. The molecule has 48 heavy (non-hydrogen) atoms. The Bertz CT molecular complexity index is 1500. The number of halogens is 3. The third-order valence-electron chi connectivity index (χ3n) is 7.89. The highest BCUT2D eigenvalue weighted by Crippen LogP contribution is 2.45. The molecular formula is C34H43F3N4O6S. The molecular weight excluding hydrogens is 649 g/mol.